The summed E-state index contributed by atoms with van der Waals surface area (Å²) in [6.07, 6.45) is 3.28. The average molecular weight is 182 g/mol. The average Bonchev–Trinajstić information content (AvgIpc) is 2.51. The number of aromatic nitrogens is 2. The van der Waals surface area contributed by atoms with Crippen LogP contribution in [0.3, 0.4) is 0 Å². The Bertz CT molecular complexity index is 292. The lowest BCUT2D eigenvalue weighted by Gasteiger charge is -2.11. The van der Waals surface area contributed by atoms with Gasteiger partial charge in [-0.25, -0.2) is 4.98 Å². The molecule has 0 unspecified atom stereocenters. The Balaban J connectivity index is 2.68. The van der Waals surface area contributed by atoms with Gasteiger partial charge < -0.3 is 15.2 Å². The van der Waals surface area contributed by atoms with E-state index >= 15 is 0 Å². The highest BCUT2D eigenvalue weighted by atomic mass is 16.2. The SMILES string of the molecule is CN(C)C(=O)Cn1cncc1CN. The maximum Gasteiger partial charge on any atom is 0.242 e. The first-order chi connectivity index (χ1) is 6.15. The molecule has 0 bridgehead atoms. The molecule has 72 valence electrons. The molecule has 0 aliphatic rings. The highest BCUT2D eigenvalue weighted by molar-refractivity contribution is 5.75. The summed E-state index contributed by atoms with van der Waals surface area (Å²) in [6.45, 7) is 0.709. The summed E-state index contributed by atoms with van der Waals surface area (Å²) in [7, 11) is 3.45. The third-order valence-electron chi connectivity index (χ3n) is 1.81. The van der Waals surface area contributed by atoms with Gasteiger partial charge in [0.2, 0.25) is 5.91 Å². The maximum absolute atomic E-state index is 11.3. The van der Waals surface area contributed by atoms with E-state index in [0.717, 1.165) is 5.69 Å². The van der Waals surface area contributed by atoms with Gasteiger partial charge in [-0.05, 0) is 0 Å². The zero-order chi connectivity index (χ0) is 9.84. The van der Waals surface area contributed by atoms with E-state index in [9.17, 15) is 4.79 Å². The first kappa shape index (κ1) is 9.73. The van der Waals surface area contributed by atoms with Crippen LogP contribution in [0.2, 0.25) is 0 Å². The van der Waals surface area contributed by atoms with Gasteiger partial charge in [0, 0.05) is 26.8 Å². The first-order valence-electron chi connectivity index (χ1n) is 4.04. The molecular formula is C8H14N4O. The molecule has 13 heavy (non-hydrogen) atoms. The van der Waals surface area contributed by atoms with E-state index in [1.165, 1.54) is 0 Å². The van der Waals surface area contributed by atoms with Crippen molar-refractivity contribution >= 4 is 5.91 Å². The van der Waals surface area contributed by atoms with Crippen LogP contribution in [0.5, 0.6) is 0 Å². The summed E-state index contributed by atoms with van der Waals surface area (Å²) in [6, 6.07) is 0. The summed E-state index contributed by atoms with van der Waals surface area (Å²) in [4.78, 5) is 16.8. The second-order valence-corrected chi connectivity index (χ2v) is 3.01. The molecule has 0 aliphatic carbocycles. The number of amides is 1. The third kappa shape index (κ3) is 2.29. The second kappa shape index (κ2) is 4.04. The Morgan fingerprint density at radius 1 is 1.69 bits per heavy atom. The Labute approximate surface area is 77.2 Å². The molecule has 5 nitrogen and oxygen atoms in total. The molecule has 0 saturated heterocycles. The molecule has 1 heterocycles. The van der Waals surface area contributed by atoms with Gasteiger partial charge >= 0.3 is 0 Å². The smallest absolute Gasteiger partial charge is 0.242 e. The Morgan fingerprint density at radius 2 is 2.38 bits per heavy atom. The minimum atomic E-state index is 0.0349. The van der Waals surface area contributed by atoms with Gasteiger partial charge in [0.1, 0.15) is 6.54 Å². The van der Waals surface area contributed by atoms with Gasteiger partial charge in [0.25, 0.3) is 0 Å². The summed E-state index contributed by atoms with van der Waals surface area (Å²) in [5, 5.41) is 0. The number of nitrogens with zero attached hydrogens (tertiary/aromatic N) is 3. The van der Waals surface area contributed by atoms with E-state index in [1.54, 1.807) is 36.1 Å². The third-order valence-corrected chi connectivity index (χ3v) is 1.81. The molecule has 1 rings (SSSR count). The number of carbonyl (C=O) groups excluding carboxylic acids is 1. The van der Waals surface area contributed by atoms with Gasteiger partial charge in [-0.2, -0.15) is 0 Å². The fraction of sp³-hybridized carbons (Fsp3) is 0.500. The Morgan fingerprint density at radius 3 is 2.92 bits per heavy atom. The van der Waals surface area contributed by atoms with Crippen molar-refractivity contribution in [1.82, 2.24) is 14.5 Å². The molecule has 1 aromatic heterocycles. The molecule has 0 radical (unpaired) electrons. The second-order valence-electron chi connectivity index (χ2n) is 3.01. The molecule has 1 amide bonds. The van der Waals surface area contributed by atoms with Crippen LogP contribution in [0.15, 0.2) is 12.5 Å². The lowest BCUT2D eigenvalue weighted by molar-refractivity contribution is -0.129. The van der Waals surface area contributed by atoms with Crippen molar-refractivity contribution in [3.8, 4) is 0 Å². The van der Waals surface area contributed by atoms with E-state index in [4.69, 9.17) is 5.73 Å². The molecule has 2 N–H and O–H groups in total. The number of nitrogens with two attached hydrogens (primary N) is 1. The minimum absolute atomic E-state index is 0.0349. The highest BCUT2D eigenvalue weighted by Gasteiger charge is 2.07. The molecule has 1 aromatic rings. The quantitative estimate of drug-likeness (QED) is 0.681. The number of hydrogen-bond acceptors (Lipinski definition) is 3. The molecule has 0 aromatic carbocycles. The fourth-order valence-electron chi connectivity index (χ4n) is 0.948. The maximum atomic E-state index is 11.3. The van der Waals surface area contributed by atoms with Crippen molar-refractivity contribution < 1.29 is 4.79 Å². The predicted octanol–water partition coefficient (Wildman–Crippen LogP) is -0.570. The first-order valence-corrected chi connectivity index (χ1v) is 4.04. The largest absolute Gasteiger partial charge is 0.347 e. The molecular weight excluding hydrogens is 168 g/mol. The van der Waals surface area contributed by atoms with Crippen molar-refractivity contribution in [2.24, 2.45) is 5.73 Å². The van der Waals surface area contributed by atoms with Crippen molar-refractivity contribution in [1.29, 1.82) is 0 Å². The lowest BCUT2D eigenvalue weighted by atomic mass is 10.4. The standard InChI is InChI=1S/C8H14N4O/c1-11(2)8(13)5-12-6-10-4-7(12)3-9/h4,6H,3,5,9H2,1-2H3. The van der Waals surface area contributed by atoms with Crippen LogP contribution in [0, 0.1) is 0 Å². The molecule has 0 spiro atoms. The zero-order valence-corrected chi connectivity index (χ0v) is 7.90. The van der Waals surface area contributed by atoms with Crippen LogP contribution in [-0.2, 0) is 17.9 Å². The summed E-state index contributed by atoms with van der Waals surface area (Å²) < 4.78 is 1.75. The van der Waals surface area contributed by atoms with Crippen molar-refractivity contribution in [2.45, 2.75) is 13.1 Å². The highest BCUT2D eigenvalue weighted by Crippen LogP contribution is 1.98. The van der Waals surface area contributed by atoms with Gasteiger partial charge in [0.05, 0.1) is 12.0 Å². The van der Waals surface area contributed by atoms with E-state index in [0.29, 0.717) is 13.1 Å². The monoisotopic (exact) mass is 182 g/mol. The van der Waals surface area contributed by atoms with Crippen molar-refractivity contribution in [3.05, 3.63) is 18.2 Å². The van der Waals surface area contributed by atoms with Crippen LogP contribution >= 0.6 is 0 Å². The van der Waals surface area contributed by atoms with E-state index < -0.39 is 0 Å². The predicted molar refractivity (Wildman–Crippen MR) is 48.8 cm³/mol. The van der Waals surface area contributed by atoms with Crippen molar-refractivity contribution in [3.63, 3.8) is 0 Å². The van der Waals surface area contributed by atoms with Crippen LogP contribution in [0.1, 0.15) is 5.69 Å². The van der Waals surface area contributed by atoms with Crippen LogP contribution in [-0.4, -0.2) is 34.5 Å². The van der Waals surface area contributed by atoms with Gasteiger partial charge in [0.15, 0.2) is 0 Å². The zero-order valence-electron chi connectivity index (χ0n) is 7.90. The van der Waals surface area contributed by atoms with Gasteiger partial charge in [-0.1, -0.05) is 0 Å². The van der Waals surface area contributed by atoms with Crippen LogP contribution in [0.4, 0.5) is 0 Å². The topological polar surface area (TPSA) is 64.2 Å². The normalized spacial score (nSPS) is 10.1. The van der Waals surface area contributed by atoms with Crippen LogP contribution < -0.4 is 5.73 Å². The molecule has 0 saturated carbocycles. The van der Waals surface area contributed by atoms with Crippen molar-refractivity contribution in [2.75, 3.05) is 14.1 Å². The van der Waals surface area contributed by atoms with Gasteiger partial charge in [-0.3, -0.25) is 4.79 Å². The van der Waals surface area contributed by atoms with Crippen LogP contribution in [0.25, 0.3) is 0 Å². The lowest BCUT2D eigenvalue weighted by Crippen LogP contribution is -2.27. The van der Waals surface area contributed by atoms with E-state index in [2.05, 4.69) is 4.98 Å². The molecule has 0 aliphatic heterocycles. The number of imidazole rings is 1. The molecule has 0 atom stereocenters. The Hall–Kier alpha value is -1.36. The Kier molecular flexibility index (Phi) is 3.02. The van der Waals surface area contributed by atoms with E-state index in [1.807, 2.05) is 0 Å². The number of hydrogen-bond donors (Lipinski definition) is 1. The fourth-order valence-corrected chi connectivity index (χ4v) is 0.948. The number of rotatable bonds is 3. The number of carbonyl (C=O) groups is 1. The molecule has 5 heteroatoms. The summed E-state index contributed by atoms with van der Waals surface area (Å²) >= 11 is 0. The van der Waals surface area contributed by atoms with Gasteiger partial charge in [-0.15, -0.1) is 0 Å². The van der Waals surface area contributed by atoms with E-state index in [-0.39, 0.29) is 5.91 Å². The number of likely N-dealkylation sites (N-methyl/N-ethyl adjacent to an activating group) is 1. The summed E-state index contributed by atoms with van der Waals surface area (Å²) in [5.74, 6) is 0.0349. The minimum Gasteiger partial charge on any atom is -0.347 e. The summed E-state index contributed by atoms with van der Waals surface area (Å²) in [5.41, 5.74) is 6.33. The molecule has 0 fully saturated rings.